The molecule has 0 rings (SSSR count). The zero-order valence-electron chi connectivity index (χ0n) is 9.03. The van der Waals surface area contributed by atoms with E-state index in [0.717, 1.165) is 12.8 Å². The number of rotatable bonds is 4. The molecule has 0 amide bonds. The van der Waals surface area contributed by atoms with Crippen molar-refractivity contribution in [2.75, 3.05) is 6.61 Å². The van der Waals surface area contributed by atoms with Crippen molar-refractivity contribution < 1.29 is 5.11 Å². The Morgan fingerprint density at radius 1 is 1.07 bits per heavy atom. The van der Waals surface area contributed by atoms with Gasteiger partial charge in [0.05, 0.1) is 0 Å². The molecule has 0 aliphatic heterocycles. The van der Waals surface area contributed by atoms with Crippen LogP contribution in [0.1, 0.15) is 19.8 Å². The first-order valence-electron chi connectivity index (χ1n) is 4.96. The number of unbranched alkanes of at least 4 members (excludes halogenated alkanes) is 1. The molecule has 0 atom stereocenters. The lowest BCUT2D eigenvalue weighted by Gasteiger charge is -1.84. The molecule has 0 aromatic heterocycles. The first kappa shape index (κ1) is 13.3. The normalized spacial score (nSPS) is 10.3. The maximum Gasteiger partial charge on any atom is 0.0433 e. The van der Waals surface area contributed by atoms with E-state index in [2.05, 4.69) is 23.7 Å². The Hall–Kier alpha value is -1.70. The highest BCUT2D eigenvalue weighted by Crippen LogP contribution is 1.88. The highest BCUT2D eigenvalue weighted by molar-refractivity contribution is 5.34. The van der Waals surface area contributed by atoms with Crippen molar-refractivity contribution in [3.63, 3.8) is 0 Å². The molecule has 78 valence electrons. The Bertz CT molecular complexity index is 337. The van der Waals surface area contributed by atoms with Crippen LogP contribution in [-0.2, 0) is 0 Å². The number of aliphatic hydroxyl groups excluding tert-OH is 1. The van der Waals surface area contributed by atoms with Crippen molar-refractivity contribution in [3.8, 4) is 23.7 Å². The average Bonchev–Trinajstić information content (AvgIpc) is 2.26. The van der Waals surface area contributed by atoms with Crippen LogP contribution in [-0.4, -0.2) is 11.7 Å². The summed E-state index contributed by atoms with van der Waals surface area (Å²) in [5.74, 6) is 11.0. The van der Waals surface area contributed by atoms with Crippen molar-refractivity contribution in [1.82, 2.24) is 0 Å². The van der Waals surface area contributed by atoms with Crippen LogP contribution >= 0.6 is 0 Å². The number of allylic oxidation sites excluding steroid dienone is 6. The van der Waals surface area contributed by atoms with Crippen molar-refractivity contribution in [3.05, 3.63) is 36.5 Å². The summed E-state index contributed by atoms with van der Waals surface area (Å²) in [6.45, 7) is 2.16. The molecule has 0 heterocycles. The van der Waals surface area contributed by atoms with Crippen molar-refractivity contribution in [2.45, 2.75) is 19.8 Å². The van der Waals surface area contributed by atoms with Gasteiger partial charge in [-0.25, -0.2) is 0 Å². The van der Waals surface area contributed by atoms with Crippen LogP contribution in [0.15, 0.2) is 36.5 Å². The summed E-state index contributed by atoms with van der Waals surface area (Å²) < 4.78 is 0. The van der Waals surface area contributed by atoms with E-state index < -0.39 is 0 Å². The Morgan fingerprint density at radius 2 is 1.80 bits per heavy atom. The summed E-state index contributed by atoms with van der Waals surface area (Å²) in [6.07, 6.45) is 12.9. The second kappa shape index (κ2) is 12.3. The van der Waals surface area contributed by atoms with E-state index in [1.54, 1.807) is 12.2 Å². The minimum atomic E-state index is 0.244. The van der Waals surface area contributed by atoms with E-state index in [1.807, 2.05) is 31.2 Å². The monoisotopic (exact) mass is 200 g/mol. The number of hydrogen-bond donors (Lipinski definition) is 1. The van der Waals surface area contributed by atoms with Crippen molar-refractivity contribution >= 4 is 0 Å². The van der Waals surface area contributed by atoms with Gasteiger partial charge in [-0.2, -0.15) is 0 Å². The molecule has 0 spiro atoms. The molecule has 0 saturated carbocycles. The minimum absolute atomic E-state index is 0.244. The van der Waals surface area contributed by atoms with Crippen molar-refractivity contribution in [2.24, 2.45) is 0 Å². The van der Waals surface area contributed by atoms with Crippen molar-refractivity contribution in [1.29, 1.82) is 0 Å². The predicted molar refractivity (Wildman–Crippen MR) is 65.0 cm³/mol. The third kappa shape index (κ3) is 12.3. The molecule has 0 unspecified atom stereocenters. The zero-order valence-corrected chi connectivity index (χ0v) is 9.03. The van der Waals surface area contributed by atoms with Crippen LogP contribution < -0.4 is 0 Å². The molecule has 0 aromatic carbocycles. The highest BCUT2D eigenvalue weighted by atomic mass is 16.2. The van der Waals surface area contributed by atoms with E-state index >= 15 is 0 Å². The van der Waals surface area contributed by atoms with Gasteiger partial charge in [-0.15, -0.1) is 0 Å². The molecule has 0 radical (unpaired) electrons. The molecule has 0 saturated heterocycles. The maximum atomic E-state index is 8.51. The first-order valence-corrected chi connectivity index (χ1v) is 4.96. The van der Waals surface area contributed by atoms with Gasteiger partial charge in [0.2, 0.25) is 0 Å². The quantitative estimate of drug-likeness (QED) is 0.420. The molecule has 0 aromatic rings. The topological polar surface area (TPSA) is 20.2 Å². The first-order chi connectivity index (χ1) is 7.41. The van der Waals surface area contributed by atoms with E-state index in [-0.39, 0.29) is 6.61 Å². The third-order valence-electron chi connectivity index (χ3n) is 1.41. The Kier molecular flexibility index (Phi) is 10.9. The molecule has 15 heavy (non-hydrogen) atoms. The van der Waals surface area contributed by atoms with Crippen LogP contribution in [0, 0.1) is 23.7 Å². The highest BCUT2D eigenvalue weighted by Gasteiger charge is 1.75. The SMILES string of the molecule is CC=CC#CC#CC=CC=CCCCO. The van der Waals surface area contributed by atoms with Crippen LogP contribution in [0.25, 0.3) is 0 Å². The van der Waals surface area contributed by atoms with E-state index in [0.29, 0.717) is 0 Å². The second-order valence-electron chi connectivity index (χ2n) is 2.69. The number of hydrogen-bond acceptors (Lipinski definition) is 1. The minimum Gasteiger partial charge on any atom is -0.396 e. The number of aliphatic hydroxyl groups is 1. The van der Waals surface area contributed by atoms with Gasteiger partial charge in [-0.05, 0) is 43.8 Å². The second-order valence-corrected chi connectivity index (χ2v) is 2.69. The van der Waals surface area contributed by atoms with Crippen LogP contribution in [0.3, 0.4) is 0 Å². The van der Waals surface area contributed by atoms with Gasteiger partial charge in [-0.3, -0.25) is 0 Å². The lowest BCUT2D eigenvalue weighted by molar-refractivity contribution is 0.289. The zero-order chi connectivity index (χ0) is 11.2. The summed E-state index contributed by atoms with van der Waals surface area (Å²) in [7, 11) is 0. The summed E-state index contributed by atoms with van der Waals surface area (Å²) in [6, 6.07) is 0. The van der Waals surface area contributed by atoms with E-state index in [1.165, 1.54) is 0 Å². The smallest absolute Gasteiger partial charge is 0.0433 e. The van der Waals surface area contributed by atoms with Crippen LogP contribution in [0.5, 0.6) is 0 Å². The molecule has 1 nitrogen and oxygen atoms in total. The molecule has 1 N–H and O–H groups in total. The van der Waals surface area contributed by atoms with Gasteiger partial charge in [0.1, 0.15) is 0 Å². The Morgan fingerprint density at radius 3 is 2.47 bits per heavy atom. The maximum absolute atomic E-state index is 8.51. The summed E-state index contributed by atoms with van der Waals surface area (Å²) in [5.41, 5.74) is 0. The lowest BCUT2D eigenvalue weighted by atomic mass is 10.3. The third-order valence-corrected chi connectivity index (χ3v) is 1.41. The van der Waals surface area contributed by atoms with Gasteiger partial charge in [0, 0.05) is 6.61 Å². The summed E-state index contributed by atoms with van der Waals surface area (Å²) >= 11 is 0. The standard InChI is InChI=1S/C14H16O/c1-2-3-4-5-6-7-8-9-10-11-12-13-14-15/h2-3,8-11,15H,12-14H2,1H3. The molecule has 0 aliphatic carbocycles. The average molecular weight is 200 g/mol. The van der Waals surface area contributed by atoms with E-state index in [4.69, 9.17) is 5.11 Å². The van der Waals surface area contributed by atoms with Crippen LogP contribution in [0.2, 0.25) is 0 Å². The fraction of sp³-hybridized carbons (Fsp3) is 0.286. The Labute approximate surface area is 92.2 Å². The fourth-order valence-electron chi connectivity index (χ4n) is 0.726. The van der Waals surface area contributed by atoms with Gasteiger partial charge in [-0.1, -0.05) is 36.1 Å². The molecule has 0 aliphatic rings. The molecular weight excluding hydrogens is 184 g/mol. The van der Waals surface area contributed by atoms with Gasteiger partial charge < -0.3 is 5.11 Å². The molecule has 1 heteroatoms. The Balaban J connectivity index is 3.71. The molecule has 0 bridgehead atoms. The predicted octanol–water partition coefficient (Wildman–Crippen LogP) is 2.45. The molecular formula is C14H16O. The fourth-order valence-corrected chi connectivity index (χ4v) is 0.726. The summed E-state index contributed by atoms with van der Waals surface area (Å²) in [4.78, 5) is 0. The van der Waals surface area contributed by atoms with Crippen LogP contribution in [0.4, 0.5) is 0 Å². The summed E-state index contributed by atoms with van der Waals surface area (Å²) in [5, 5.41) is 8.51. The van der Waals surface area contributed by atoms with Gasteiger partial charge in [0.15, 0.2) is 0 Å². The largest absolute Gasteiger partial charge is 0.396 e. The van der Waals surface area contributed by atoms with E-state index in [9.17, 15) is 0 Å². The van der Waals surface area contributed by atoms with Gasteiger partial charge in [0.25, 0.3) is 0 Å². The molecule has 0 fully saturated rings. The van der Waals surface area contributed by atoms with Gasteiger partial charge >= 0.3 is 0 Å². The lowest BCUT2D eigenvalue weighted by Crippen LogP contribution is -1.77.